The minimum Gasteiger partial charge on any atom is -0.487 e. The molecule has 4 aliphatic rings. The van der Waals surface area contributed by atoms with Gasteiger partial charge in [-0.1, -0.05) is 19.6 Å². The Bertz CT molecular complexity index is 2140. The van der Waals surface area contributed by atoms with Gasteiger partial charge in [-0.25, -0.2) is 13.6 Å². The number of aromatic nitrogens is 4. The van der Waals surface area contributed by atoms with E-state index in [1.807, 2.05) is 45.9 Å². The van der Waals surface area contributed by atoms with Crippen LogP contribution in [0.1, 0.15) is 77.3 Å². The van der Waals surface area contributed by atoms with Gasteiger partial charge in [0.25, 0.3) is 5.92 Å². The van der Waals surface area contributed by atoms with Crippen molar-refractivity contribution in [2.75, 3.05) is 50.7 Å². The predicted molar refractivity (Wildman–Crippen MR) is 209 cm³/mol. The van der Waals surface area contributed by atoms with E-state index in [9.17, 15) is 13.6 Å². The summed E-state index contributed by atoms with van der Waals surface area (Å²) in [5.41, 5.74) is 7.08. The number of carbonyl (C=O) groups excluding carboxylic acids is 1. The number of H-pyrrole nitrogens is 1. The quantitative estimate of drug-likeness (QED) is 0.178. The number of anilines is 1. The van der Waals surface area contributed by atoms with Crippen molar-refractivity contribution in [3.63, 3.8) is 0 Å². The molecule has 2 aromatic carbocycles. The van der Waals surface area contributed by atoms with Gasteiger partial charge in [-0.15, -0.1) is 5.73 Å². The molecule has 4 aromatic rings. The van der Waals surface area contributed by atoms with E-state index < -0.39 is 17.6 Å². The summed E-state index contributed by atoms with van der Waals surface area (Å²) >= 11 is 0. The minimum absolute atomic E-state index is 0.0112. The first kappa shape index (κ1) is 37.2. The molecule has 11 nitrogen and oxygen atoms in total. The Morgan fingerprint density at radius 2 is 1.76 bits per heavy atom. The number of aryl methyl sites for hydroxylation is 1. The normalized spacial score (nSPS) is 20.3. The number of amides is 1. The van der Waals surface area contributed by atoms with Gasteiger partial charge >= 0.3 is 12.1 Å². The number of hydrogen-bond donors (Lipinski definition) is 1. The summed E-state index contributed by atoms with van der Waals surface area (Å²) in [5.74, 6) is -1.67. The van der Waals surface area contributed by atoms with Gasteiger partial charge in [0.2, 0.25) is 0 Å². The number of halogens is 2. The van der Waals surface area contributed by atoms with E-state index >= 15 is 0 Å². The van der Waals surface area contributed by atoms with Gasteiger partial charge in [0.05, 0.1) is 11.7 Å². The Kier molecular flexibility index (Phi) is 9.52. The number of piperidine rings is 2. The van der Waals surface area contributed by atoms with Crippen molar-refractivity contribution >= 4 is 39.8 Å². The molecule has 8 rings (SSSR count). The third-order valence-corrected chi connectivity index (χ3v) is 11.7. The minimum atomic E-state index is -2.79. The second-order valence-corrected chi connectivity index (χ2v) is 16.9. The van der Waals surface area contributed by atoms with Gasteiger partial charge in [-0.3, -0.25) is 5.10 Å². The maximum atomic E-state index is 14.4. The highest BCUT2D eigenvalue weighted by molar-refractivity contribution is 6.07. The molecule has 0 bridgehead atoms. The van der Waals surface area contributed by atoms with E-state index in [4.69, 9.17) is 24.2 Å². The van der Waals surface area contributed by atoms with Crippen LogP contribution in [0.5, 0.6) is 11.8 Å². The van der Waals surface area contributed by atoms with Crippen LogP contribution in [-0.2, 0) is 4.74 Å². The van der Waals surface area contributed by atoms with Crippen LogP contribution < -0.4 is 14.4 Å². The topological polar surface area (TPSA) is 109 Å². The number of nitrogens with zero attached hydrogens (tertiary/aromatic N) is 6. The van der Waals surface area contributed by atoms with Crippen molar-refractivity contribution in [2.45, 2.75) is 96.9 Å². The summed E-state index contributed by atoms with van der Waals surface area (Å²) in [6.45, 7) is 19.3. The van der Waals surface area contributed by atoms with Crippen molar-refractivity contribution in [2.24, 2.45) is 5.41 Å². The van der Waals surface area contributed by atoms with Crippen molar-refractivity contribution in [1.29, 1.82) is 0 Å². The lowest BCUT2D eigenvalue weighted by atomic mass is 9.72. The van der Waals surface area contributed by atoms with Crippen LogP contribution in [0.15, 0.2) is 36.7 Å². The molecule has 0 atom stereocenters. The van der Waals surface area contributed by atoms with E-state index in [0.717, 1.165) is 78.3 Å². The molecule has 0 radical (unpaired) electrons. The fraction of sp³-hybridized carbons (Fsp3) is 0.548. The number of hydrogen-bond acceptors (Lipinski definition) is 9. The third kappa shape index (κ3) is 7.36. The molecule has 1 saturated carbocycles. The lowest BCUT2D eigenvalue weighted by molar-refractivity contribution is -0.134. The summed E-state index contributed by atoms with van der Waals surface area (Å²) in [6.07, 6.45) is 5.21. The highest BCUT2D eigenvalue weighted by atomic mass is 19.3. The number of nitrogens with one attached hydrogen (secondary N) is 1. The predicted octanol–water partition coefficient (Wildman–Crippen LogP) is 8.16. The van der Waals surface area contributed by atoms with Crippen molar-refractivity contribution in [3.8, 4) is 22.9 Å². The number of likely N-dealkylation sites (tertiary alicyclic amines) is 2. The Labute approximate surface area is 320 Å². The molecule has 1 amide bonds. The van der Waals surface area contributed by atoms with E-state index in [1.165, 1.54) is 0 Å². The second-order valence-electron chi connectivity index (χ2n) is 16.9. The molecular formula is C42H51F2N7O4. The monoisotopic (exact) mass is 755 g/mol. The summed E-state index contributed by atoms with van der Waals surface area (Å²) in [5, 5.41) is 9.02. The van der Waals surface area contributed by atoms with Gasteiger partial charge in [0, 0.05) is 73.9 Å². The first-order valence-electron chi connectivity index (χ1n) is 19.6. The van der Waals surface area contributed by atoms with E-state index in [-0.39, 0.29) is 36.5 Å². The Morgan fingerprint density at radius 1 is 1.04 bits per heavy atom. The van der Waals surface area contributed by atoms with E-state index in [0.29, 0.717) is 48.8 Å². The fourth-order valence-corrected chi connectivity index (χ4v) is 8.65. The third-order valence-electron chi connectivity index (χ3n) is 11.7. The molecule has 2 aromatic heterocycles. The highest BCUT2D eigenvalue weighted by Crippen LogP contribution is 2.50. The zero-order valence-electron chi connectivity index (χ0n) is 32.5. The molecule has 292 valence electrons. The number of fused-ring (bicyclic) bond motifs is 2. The molecule has 3 aliphatic heterocycles. The van der Waals surface area contributed by atoms with Crippen LogP contribution in [0.25, 0.3) is 39.0 Å². The molecule has 13 heteroatoms. The number of rotatable bonds is 8. The van der Waals surface area contributed by atoms with Gasteiger partial charge in [-0.05, 0) is 94.8 Å². The highest BCUT2D eigenvalue weighted by Gasteiger charge is 2.49. The van der Waals surface area contributed by atoms with Crippen LogP contribution >= 0.6 is 0 Å². The molecule has 55 heavy (non-hydrogen) atoms. The van der Waals surface area contributed by atoms with Crippen LogP contribution in [0.2, 0.25) is 0 Å². The van der Waals surface area contributed by atoms with Gasteiger partial charge in [0.1, 0.15) is 29.1 Å². The molecule has 3 saturated heterocycles. The Balaban J connectivity index is 1.23. The lowest BCUT2D eigenvalue weighted by Gasteiger charge is -2.53. The molecule has 1 N–H and O–H groups in total. The number of alkyl halides is 2. The summed E-state index contributed by atoms with van der Waals surface area (Å²) in [6, 6.07) is 6.28. The first-order valence-corrected chi connectivity index (χ1v) is 19.6. The Hall–Kier alpha value is -4.74. The largest absolute Gasteiger partial charge is 0.487 e. The second kappa shape index (κ2) is 14.1. The maximum Gasteiger partial charge on any atom is 0.410 e. The Morgan fingerprint density at radius 3 is 2.42 bits per heavy atom. The van der Waals surface area contributed by atoms with Gasteiger partial charge in [-0.2, -0.15) is 15.1 Å². The van der Waals surface area contributed by atoms with Gasteiger partial charge < -0.3 is 28.9 Å². The molecule has 0 unspecified atom stereocenters. The summed E-state index contributed by atoms with van der Waals surface area (Å²) in [7, 11) is 0. The van der Waals surface area contributed by atoms with Crippen LogP contribution in [0.3, 0.4) is 0 Å². The zero-order valence-corrected chi connectivity index (χ0v) is 32.5. The van der Waals surface area contributed by atoms with Crippen molar-refractivity contribution < 1.29 is 27.8 Å². The standard InChI is InChI=1S/C42H51F2N7O4/c1-7-9-27-20-30-35(36(53-29-21-42(43,44)22-29)34(27)33-26(3)10-11-32-31(33)23-45-48-32)46-38(54-28-12-16-49(8-2)17-13-28)47-37(30)50-18-14-41(15-19-50)24-51(25-41)39(52)55-40(4,5)6/h9-11,20,23,28-29H,1,8,12-19,21-22,24-25H2,2-6H3,(H,45,48). The first-order chi connectivity index (χ1) is 26.2. The summed E-state index contributed by atoms with van der Waals surface area (Å²) in [4.78, 5) is 29.5. The van der Waals surface area contributed by atoms with E-state index in [1.54, 1.807) is 17.2 Å². The maximum absolute atomic E-state index is 14.4. The smallest absolute Gasteiger partial charge is 0.410 e. The number of ether oxygens (including phenoxy) is 3. The van der Waals surface area contributed by atoms with Crippen molar-refractivity contribution in [3.05, 3.63) is 47.8 Å². The van der Waals surface area contributed by atoms with Crippen LogP contribution in [-0.4, -0.2) is 106 Å². The van der Waals surface area contributed by atoms with Crippen molar-refractivity contribution in [1.82, 2.24) is 30.0 Å². The number of benzene rings is 2. The number of carbonyl (C=O) groups is 1. The summed E-state index contributed by atoms with van der Waals surface area (Å²) < 4.78 is 47.7. The molecule has 1 spiro atoms. The molecule has 1 aliphatic carbocycles. The number of aromatic amines is 1. The SMILES string of the molecule is C=C=Cc1cc2c(N3CCC4(CC3)CN(C(=O)OC(C)(C)C)C4)nc(OC3CCN(CC)CC3)nc2c(OC2CC(F)(F)C2)c1-c1c(C)ccc2[nH]ncc12. The van der Waals surface area contributed by atoms with E-state index in [2.05, 4.69) is 39.2 Å². The van der Waals surface area contributed by atoms with Crippen LogP contribution in [0, 0.1) is 12.3 Å². The zero-order chi connectivity index (χ0) is 38.7. The molecular weight excluding hydrogens is 705 g/mol. The fourth-order valence-electron chi connectivity index (χ4n) is 8.65. The molecule has 4 fully saturated rings. The average Bonchev–Trinajstić information content (AvgIpc) is 3.59. The average molecular weight is 756 g/mol. The van der Waals surface area contributed by atoms with Crippen LogP contribution in [0.4, 0.5) is 19.4 Å². The molecule has 5 heterocycles. The van der Waals surface area contributed by atoms with Gasteiger partial charge in [0.15, 0.2) is 5.75 Å². The lowest BCUT2D eigenvalue weighted by Crippen LogP contribution is -2.62.